The average Bonchev–Trinajstić information content (AvgIpc) is 3.18. The molecule has 1 aliphatic rings. The van der Waals surface area contributed by atoms with Crippen molar-refractivity contribution in [3.05, 3.63) is 58.3 Å². The Morgan fingerprint density at radius 3 is 2.75 bits per heavy atom. The van der Waals surface area contributed by atoms with Gasteiger partial charge in [0.25, 0.3) is 0 Å². The zero-order valence-electron chi connectivity index (χ0n) is 11.1. The molecule has 0 radical (unpaired) electrons. The quantitative estimate of drug-likeness (QED) is 0.938. The second-order valence-corrected chi connectivity index (χ2v) is 5.85. The van der Waals surface area contributed by atoms with Crippen LogP contribution in [-0.2, 0) is 9.53 Å². The monoisotopic (exact) mass is 287 g/mol. The Morgan fingerprint density at radius 2 is 2.10 bits per heavy atom. The molecule has 2 atom stereocenters. The van der Waals surface area contributed by atoms with Crippen molar-refractivity contribution in [1.82, 2.24) is 5.32 Å². The molecule has 0 saturated carbocycles. The number of amides is 1. The third kappa shape index (κ3) is 2.92. The maximum absolute atomic E-state index is 12.3. The zero-order valence-corrected chi connectivity index (χ0v) is 11.9. The van der Waals surface area contributed by atoms with Gasteiger partial charge in [-0.2, -0.15) is 0 Å². The number of thiophene rings is 1. The van der Waals surface area contributed by atoms with Crippen molar-refractivity contribution < 1.29 is 9.53 Å². The van der Waals surface area contributed by atoms with E-state index >= 15 is 0 Å². The van der Waals surface area contributed by atoms with Gasteiger partial charge in [-0.1, -0.05) is 36.4 Å². The van der Waals surface area contributed by atoms with Gasteiger partial charge < -0.3 is 10.1 Å². The molecule has 0 spiro atoms. The first kappa shape index (κ1) is 13.3. The number of rotatable bonds is 4. The Hall–Kier alpha value is -1.65. The second kappa shape index (κ2) is 6.20. The van der Waals surface area contributed by atoms with Gasteiger partial charge in [0.15, 0.2) is 0 Å². The molecule has 4 heteroatoms. The fourth-order valence-corrected chi connectivity index (χ4v) is 3.24. The lowest BCUT2D eigenvalue weighted by Crippen LogP contribution is -2.37. The molecule has 3 nitrogen and oxygen atoms in total. The van der Waals surface area contributed by atoms with Gasteiger partial charge in [-0.05, 0) is 29.9 Å². The summed E-state index contributed by atoms with van der Waals surface area (Å²) in [5.74, 6) is -0.00949. The molecule has 2 heterocycles. The molecule has 1 aliphatic heterocycles. The fourth-order valence-electron chi connectivity index (χ4n) is 2.44. The molecule has 1 saturated heterocycles. The van der Waals surface area contributed by atoms with E-state index in [4.69, 9.17) is 4.74 Å². The largest absolute Gasteiger partial charge is 0.368 e. The predicted octanol–water partition coefficient (Wildman–Crippen LogP) is 3.13. The summed E-state index contributed by atoms with van der Waals surface area (Å²) in [6, 6.07) is 14.0. The molecule has 104 valence electrons. The van der Waals surface area contributed by atoms with Crippen molar-refractivity contribution in [3.8, 4) is 0 Å². The van der Waals surface area contributed by atoms with Crippen LogP contribution in [0.2, 0.25) is 0 Å². The van der Waals surface area contributed by atoms with Crippen LogP contribution >= 0.6 is 11.3 Å². The summed E-state index contributed by atoms with van der Waals surface area (Å²) in [5, 5.41) is 5.16. The lowest BCUT2D eigenvalue weighted by molar-refractivity contribution is -0.130. The lowest BCUT2D eigenvalue weighted by atomic mass is 10.0. The number of hydrogen-bond acceptors (Lipinski definition) is 3. The van der Waals surface area contributed by atoms with E-state index in [0.717, 1.165) is 23.3 Å². The average molecular weight is 287 g/mol. The molecule has 20 heavy (non-hydrogen) atoms. The Bertz CT molecular complexity index is 547. The highest BCUT2D eigenvalue weighted by atomic mass is 32.1. The summed E-state index contributed by atoms with van der Waals surface area (Å²) in [6.07, 6.45) is 1.49. The first-order valence-electron chi connectivity index (χ1n) is 6.85. The Kier molecular flexibility index (Phi) is 4.14. The fraction of sp³-hybridized carbons (Fsp3) is 0.312. The van der Waals surface area contributed by atoms with E-state index in [0.29, 0.717) is 6.61 Å². The molecule has 3 rings (SSSR count). The van der Waals surface area contributed by atoms with E-state index in [2.05, 4.69) is 11.4 Å². The van der Waals surface area contributed by atoms with Crippen LogP contribution in [0.4, 0.5) is 0 Å². The van der Waals surface area contributed by atoms with Gasteiger partial charge in [0.05, 0.1) is 6.04 Å². The molecule has 0 aliphatic carbocycles. The molecule has 1 aromatic carbocycles. The van der Waals surface area contributed by atoms with Crippen LogP contribution in [0.1, 0.15) is 29.3 Å². The Labute approximate surface area is 122 Å². The highest BCUT2D eigenvalue weighted by molar-refractivity contribution is 7.10. The molecule has 1 aromatic heterocycles. The standard InChI is InChI=1S/C16H17NO2S/c18-16(13-8-4-10-19-13)17-15(14-9-5-11-20-14)12-6-2-1-3-7-12/h1-3,5-7,9,11,13,15H,4,8,10H2,(H,17,18)/t13-,15+/m1/s1. The summed E-state index contributed by atoms with van der Waals surface area (Å²) in [5.41, 5.74) is 1.10. The van der Waals surface area contributed by atoms with E-state index in [-0.39, 0.29) is 18.1 Å². The molecular weight excluding hydrogens is 270 g/mol. The summed E-state index contributed by atoms with van der Waals surface area (Å²) in [4.78, 5) is 13.4. The molecule has 1 fully saturated rings. The topological polar surface area (TPSA) is 38.3 Å². The summed E-state index contributed by atoms with van der Waals surface area (Å²) in [7, 11) is 0. The van der Waals surface area contributed by atoms with Gasteiger partial charge in [0.1, 0.15) is 6.10 Å². The van der Waals surface area contributed by atoms with Crippen LogP contribution < -0.4 is 5.32 Å². The lowest BCUT2D eigenvalue weighted by Gasteiger charge is -2.20. The minimum Gasteiger partial charge on any atom is -0.368 e. The van der Waals surface area contributed by atoms with Gasteiger partial charge in [0.2, 0.25) is 5.91 Å². The second-order valence-electron chi connectivity index (χ2n) is 4.87. The number of benzene rings is 1. The van der Waals surface area contributed by atoms with Crippen LogP contribution in [-0.4, -0.2) is 18.6 Å². The van der Waals surface area contributed by atoms with E-state index in [1.165, 1.54) is 0 Å². The van der Waals surface area contributed by atoms with E-state index in [1.54, 1.807) is 11.3 Å². The van der Waals surface area contributed by atoms with Crippen LogP contribution in [0.5, 0.6) is 0 Å². The van der Waals surface area contributed by atoms with Gasteiger partial charge in [-0.3, -0.25) is 4.79 Å². The van der Waals surface area contributed by atoms with Crippen molar-refractivity contribution >= 4 is 17.2 Å². The number of carbonyl (C=O) groups excluding carboxylic acids is 1. The first-order chi connectivity index (χ1) is 9.84. The molecule has 1 N–H and O–H groups in total. The molecule has 2 aromatic rings. The Morgan fingerprint density at radius 1 is 1.25 bits per heavy atom. The Balaban J connectivity index is 1.81. The van der Waals surface area contributed by atoms with Gasteiger partial charge in [-0.15, -0.1) is 11.3 Å². The summed E-state index contributed by atoms with van der Waals surface area (Å²) < 4.78 is 5.46. The third-order valence-corrected chi connectivity index (χ3v) is 4.41. The molecule has 0 unspecified atom stereocenters. The van der Waals surface area contributed by atoms with Crippen LogP contribution in [0.15, 0.2) is 47.8 Å². The van der Waals surface area contributed by atoms with E-state index in [9.17, 15) is 4.79 Å². The van der Waals surface area contributed by atoms with Gasteiger partial charge in [-0.25, -0.2) is 0 Å². The predicted molar refractivity (Wildman–Crippen MR) is 79.7 cm³/mol. The number of ether oxygens (including phenoxy) is 1. The maximum Gasteiger partial charge on any atom is 0.249 e. The third-order valence-electron chi connectivity index (χ3n) is 3.47. The molecule has 1 amide bonds. The normalized spacial score (nSPS) is 19.7. The van der Waals surface area contributed by atoms with Crippen molar-refractivity contribution in [1.29, 1.82) is 0 Å². The summed E-state index contributed by atoms with van der Waals surface area (Å²) in [6.45, 7) is 0.688. The molecule has 0 bridgehead atoms. The van der Waals surface area contributed by atoms with E-state index < -0.39 is 0 Å². The van der Waals surface area contributed by atoms with Gasteiger partial charge in [0, 0.05) is 11.5 Å². The van der Waals surface area contributed by atoms with Crippen molar-refractivity contribution in [2.45, 2.75) is 25.0 Å². The van der Waals surface area contributed by atoms with Crippen LogP contribution in [0.25, 0.3) is 0 Å². The minimum absolute atomic E-state index is 0.00949. The maximum atomic E-state index is 12.3. The summed E-state index contributed by atoms with van der Waals surface area (Å²) >= 11 is 1.65. The van der Waals surface area contributed by atoms with Crippen LogP contribution in [0, 0.1) is 0 Å². The number of nitrogens with one attached hydrogen (secondary N) is 1. The van der Waals surface area contributed by atoms with Gasteiger partial charge >= 0.3 is 0 Å². The highest BCUT2D eigenvalue weighted by Gasteiger charge is 2.27. The smallest absolute Gasteiger partial charge is 0.249 e. The first-order valence-corrected chi connectivity index (χ1v) is 7.73. The SMILES string of the molecule is O=C(N[C@@H](c1ccccc1)c1cccs1)[C@H]1CCCO1. The highest BCUT2D eigenvalue weighted by Crippen LogP contribution is 2.26. The number of carbonyl (C=O) groups is 1. The van der Waals surface area contributed by atoms with Crippen molar-refractivity contribution in [3.63, 3.8) is 0 Å². The number of hydrogen-bond donors (Lipinski definition) is 1. The minimum atomic E-state index is -0.291. The van der Waals surface area contributed by atoms with E-state index in [1.807, 2.05) is 41.8 Å². The van der Waals surface area contributed by atoms with Crippen molar-refractivity contribution in [2.75, 3.05) is 6.61 Å². The van der Waals surface area contributed by atoms with Crippen molar-refractivity contribution in [2.24, 2.45) is 0 Å². The molecular formula is C16H17NO2S. The zero-order chi connectivity index (χ0) is 13.8. The van der Waals surface area contributed by atoms with Crippen LogP contribution in [0.3, 0.4) is 0 Å².